The molecule has 0 radical (unpaired) electrons. The summed E-state index contributed by atoms with van der Waals surface area (Å²) in [7, 11) is 0. The second-order valence-corrected chi connectivity index (χ2v) is 6.10. The monoisotopic (exact) mass is 375 g/mol. The molecule has 0 saturated carbocycles. The summed E-state index contributed by atoms with van der Waals surface area (Å²) in [6.45, 7) is 4.59. The standard InChI is InChI=1S/C18H16F3N5O/c1-11-9-26(10-12(2)27-11)17-4-3-14(18(19,20)21)5-15(17)25-16(8-24)13(6-22)7-23/h3-5,11-12,25H,9-10H2,1-2H3. The number of alkyl halides is 3. The highest BCUT2D eigenvalue weighted by Crippen LogP contribution is 2.37. The third kappa shape index (κ3) is 4.69. The number of allylic oxidation sites excluding steroid dienone is 2. The van der Waals surface area contributed by atoms with Crippen molar-refractivity contribution in [2.24, 2.45) is 0 Å². The first-order valence-electron chi connectivity index (χ1n) is 8.02. The number of nitrogens with zero attached hydrogens (tertiary/aromatic N) is 4. The van der Waals surface area contributed by atoms with Gasteiger partial charge in [0.1, 0.15) is 23.9 Å². The molecule has 1 saturated heterocycles. The van der Waals surface area contributed by atoms with E-state index >= 15 is 0 Å². The molecule has 0 aromatic heterocycles. The minimum Gasteiger partial charge on any atom is -0.372 e. The number of nitriles is 3. The molecule has 1 aromatic carbocycles. The van der Waals surface area contributed by atoms with E-state index in [0.29, 0.717) is 18.8 Å². The number of anilines is 2. The van der Waals surface area contributed by atoms with Crippen molar-refractivity contribution in [3.05, 3.63) is 35.0 Å². The van der Waals surface area contributed by atoms with Crippen molar-refractivity contribution in [2.75, 3.05) is 23.3 Å². The van der Waals surface area contributed by atoms with Gasteiger partial charge in [0.25, 0.3) is 0 Å². The van der Waals surface area contributed by atoms with Crippen molar-refractivity contribution in [1.82, 2.24) is 0 Å². The van der Waals surface area contributed by atoms with Crippen LogP contribution >= 0.6 is 0 Å². The van der Waals surface area contributed by atoms with E-state index in [0.717, 1.165) is 12.1 Å². The lowest BCUT2D eigenvalue weighted by Crippen LogP contribution is -2.45. The van der Waals surface area contributed by atoms with E-state index in [4.69, 9.17) is 15.3 Å². The van der Waals surface area contributed by atoms with Crippen LogP contribution in [0.5, 0.6) is 0 Å². The highest BCUT2D eigenvalue weighted by atomic mass is 19.4. The van der Waals surface area contributed by atoms with Gasteiger partial charge in [-0.3, -0.25) is 0 Å². The van der Waals surface area contributed by atoms with Crippen LogP contribution in [0.4, 0.5) is 24.5 Å². The summed E-state index contributed by atoms with van der Waals surface area (Å²) in [5.41, 5.74) is -1.41. The zero-order chi connectivity index (χ0) is 20.2. The minimum absolute atomic E-state index is 0.00863. The van der Waals surface area contributed by atoms with Gasteiger partial charge in [0.15, 0.2) is 5.57 Å². The molecule has 1 heterocycles. The molecule has 6 nitrogen and oxygen atoms in total. The quantitative estimate of drug-likeness (QED) is 0.812. The van der Waals surface area contributed by atoms with Crippen LogP contribution in [-0.4, -0.2) is 25.3 Å². The van der Waals surface area contributed by atoms with Gasteiger partial charge in [-0.05, 0) is 32.0 Å². The Kier molecular flexibility index (Phi) is 5.95. The van der Waals surface area contributed by atoms with E-state index in [1.807, 2.05) is 18.7 Å². The van der Waals surface area contributed by atoms with Crippen LogP contribution in [0, 0.1) is 34.0 Å². The number of nitrogens with one attached hydrogen (secondary N) is 1. The van der Waals surface area contributed by atoms with E-state index in [1.54, 1.807) is 18.2 Å². The van der Waals surface area contributed by atoms with Gasteiger partial charge in [0.2, 0.25) is 0 Å². The van der Waals surface area contributed by atoms with Crippen LogP contribution < -0.4 is 10.2 Å². The van der Waals surface area contributed by atoms with Crippen molar-refractivity contribution >= 4 is 11.4 Å². The fraction of sp³-hybridized carbons (Fsp3) is 0.389. The number of halogens is 3. The first-order valence-corrected chi connectivity index (χ1v) is 8.02. The smallest absolute Gasteiger partial charge is 0.372 e. The van der Waals surface area contributed by atoms with Gasteiger partial charge in [0, 0.05) is 13.1 Å². The molecular weight excluding hydrogens is 359 g/mol. The number of rotatable bonds is 3. The van der Waals surface area contributed by atoms with E-state index in [-0.39, 0.29) is 17.9 Å². The maximum absolute atomic E-state index is 13.1. The Morgan fingerprint density at radius 2 is 1.70 bits per heavy atom. The van der Waals surface area contributed by atoms with E-state index < -0.39 is 23.0 Å². The molecule has 1 N–H and O–H groups in total. The van der Waals surface area contributed by atoms with E-state index in [9.17, 15) is 18.4 Å². The molecule has 1 aliphatic rings. The van der Waals surface area contributed by atoms with Gasteiger partial charge in [-0.25, -0.2) is 0 Å². The first-order chi connectivity index (χ1) is 12.7. The Balaban J connectivity index is 2.55. The fourth-order valence-corrected chi connectivity index (χ4v) is 2.88. The van der Waals surface area contributed by atoms with Gasteiger partial charge >= 0.3 is 6.18 Å². The van der Waals surface area contributed by atoms with Crippen LogP contribution in [0.1, 0.15) is 19.4 Å². The zero-order valence-electron chi connectivity index (χ0n) is 14.6. The molecular formula is C18H16F3N5O. The number of hydrogen-bond acceptors (Lipinski definition) is 6. The van der Waals surface area contributed by atoms with Crippen molar-refractivity contribution < 1.29 is 17.9 Å². The van der Waals surface area contributed by atoms with E-state index in [2.05, 4.69) is 5.32 Å². The first kappa shape index (κ1) is 20.1. The summed E-state index contributed by atoms with van der Waals surface area (Å²) in [5, 5.41) is 29.6. The van der Waals surface area contributed by atoms with Crippen molar-refractivity contribution in [3.63, 3.8) is 0 Å². The second kappa shape index (κ2) is 7.99. The topological polar surface area (TPSA) is 95.9 Å². The maximum Gasteiger partial charge on any atom is 0.416 e. The Hall–Kier alpha value is -3.22. The summed E-state index contributed by atoms with van der Waals surface area (Å²) >= 11 is 0. The highest BCUT2D eigenvalue weighted by Gasteiger charge is 2.32. The molecule has 140 valence electrons. The largest absolute Gasteiger partial charge is 0.416 e. The number of ether oxygens (including phenoxy) is 1. The maximum atomic E-state index is 13.1. The Bertz CT molecular complexity index is 847. The lowest BCUT2D eigenvalue weighted by atomic mass is 10.1. The summed E-state index contributed by atoms with van der Waals surface area (Å²) in [5.74, 6) is 0. The Labute approximate surface area is 154 Å². The fourth-order valence-electron chi connectivity index (χ4n) is 2.88. The number of benzene rings is 1. The minimum atomic E-state index is -4.58. The van der Waals surface area contributed by atoms with Crippen LogP contribution in [0.15, 0.2) is 29.5 Å². The van der Waals surface area contributed by atoms with Gasteiger partial charge in [0.05, 0.1) is 29.1 Å². The third-order valence-electron chi connectivity index (χ3n) is 3.93. The lowest BCUT2D eigenvalue weighted by molar-refractivity contribution is -0.137. The molecule has 0 bridgehead atoms. The molecule has 9 heteroatoms. The van der Waals surface area contributed by atoms with Crippen molar-refractivity contribution in [1.29, 1.82) is 15.8 Å². The summed E-state index contributed by atoms with van der Waals surface area (Å²) in [6.07, 6.45) is -4.85. The lowest BCUT2D eigenvalue weighted by Gasteiger charge is -2.38. The molecule has 2 rings (SSSR count). The van der Waals surface area contributed by atoms with Crippen molar-refractivity contribution in [3.8, 4) is 18.2 Å². The van der Waals surface area contributed by atoms with Crippen LogP contribution in [-0.2, 0) is 10.9 Å². The summed E-state index contributed by atoms with van der Waals surface area (Å²) in [4.78, 5) is 1.84. The predicted molar refractivity (Wildman–Crippen MR) is 91.2 cm³/mol. The van der Waals surface area contributed by atoms with E-state index in [1.165, 1.54) is 6.07 Å². The number of morpholine rings is 1. The van der Waals surface area contributed by atoms with Crippen LogP contribution in [0.3, 0.4) is 0 Å². The summed E-state index contributed by atoms with van der Waals surface area (Å²) in [6, 6.07) is 7.90. The molecule has 0 amide bonds. The third-order valence-corrected chi connectivity index (χ3v) is 3.93. The molecule has 2 atom stereocenters. The Morgan fingerprint density at radius 1 is 1.11 bits per heavy atom. The molecule has 1 fully saturated rings. The van der Waals surface area contributed by atoms with Gasteiger partial charge in [-0.2, -0.15) is 29.0 Å². The second-order valence-electron chi connectivity index (χ2n) is 6.10. The van der Waals surface area contributed by atoms with Crippen molar-refractivity contribution in [2.45, 2.75) is 32.2 Å². The molecule has 0 spiro atoms. The number of hydrogen-bond donors (Lipinski definition) is 1. The normalized spacial score (nSPS) is 19.4. The molecule has 27 heavy (non-hydrogen) atoms. The average molecular weight is 375 g/mol. The predicted octanol–water partition coefficient (Wildman–Crippen LogP) is 3.56. The van der Waals surface area contributed by atoms with Crippen LogP contribution in [0.2, 0.25) is 0 Å². The molecule has 0 aliphatic carbocycles. The Morgan fingerprint density at radius 3 is 2.19 bits per heavy atom. The molecule has 1 aliphatic heterocycles. The SMILES string of the molecule is CC1CN(c2ccc(C(F)(F)F)cc2NC(C#N)=C(C#N)C#N)CC(C)O1. The van der Waals surface area contributed by atoms with Crippen LogP contribution in [0.25, 0.3) is 0 Å². The summed E-state index contributed by atoms with van der Waals surface area (Å²) < 4.78 is 45.0. The molecule has 2 unspecified atom stereocenters. The van der Waals surface area contributed by atoms with Gasteiger partial charge in [-0.15, -0.1) is 0 Å². The zero-order valence-corrected chi connectivity index (χ0v) is 14.6. The van der Waals surface area contributed by atoms with Gasteiger partial charge < -0.3 is 15.0 Å². The average Bonchev–Trinajstić information content (AvgIpc) is 2.60. The molecule has 1 aromatic rings. The highest BCUT2D eigenvalue weighted by molar-refractivity contribution is 5.75. The van der Waals surface area contributed by atoms with Gasteiger partial charge in [-0.1, -0.05) is 0 Å².